The Morgan fingerprint density at radius 2 is 1.95 bits per heavy atom. The van der Waals surface area contributed by atoms with Crippen LogP contribution in [-0.2, 0) is 5.54 Å². The van der Waals surface area contributed by atoms with Crippen molar-refractivity contribution in [3.8, 4) is 0 Å². The molecule has 6 nitrogen and oxygen atoms in total. The minimum atomic E-state index is -0.550. The summed E-state index contributed by atoms with van der Waals surface area (Å²) < 4.78 is 5.05. The summed E-state index contributed by atoms with van der Waals surface area (Å²) in [5.41, 5.74) is 7.51. The number of nitrogens with one attached hydrogen (secondary N) is 1. The Bertz CT molecular complexity index is 642. The van der Waals surface area contributed by atoms with Gasteiger partial charge in [-0.1, -0.05) is 35.7 Å². The van der Waals surface area contributed by atoms with E-state index in [-0.39, 0.29) is 5.89 Å². The SMILES string of the molecule is Cc1ccc(NC(=O)c2nc(C3(N)CCCC3)no2)cc1. The fourth-order valence-corrected chi connectivity index (χ4v) is 2.57. The third kappa shape index (κ3) is 2.80. The topological polar surface area (TPSA) is 94.0 Å². The summed E-state index contributed by atoms with van der Waals surface area (Å²) in [7, 11) is 0. The molecular weight excluding hydrogens is 268 g/mol. The first-order valence-corrected chi connectivity index (χ1v) is 7.08. The van der Waals surface area contributed by atoms with Crippen LogP contribution in [0.4, 0.5) is 5.69 Å². The molecule has 21 heavy (non-hydrogen) atoms. The van der Waals surface area contributed by atoms with Crippen LogP contribution in [0.3, 0.4) is 0 Å². The van der Waals surface area contributed by atoms with Gasteiger partial charge in [0.25, 0.3) is 0 Å². The molecule has 110 valence electrons. The highest BCUT2D eigenvalue weighted by Gasteiger charge is 2.36. The summed E-state index contributed by atoms with van der Waals surface area (Å²) >= 11 is 0. The van der Waals surface area contributed by atoms with Gasteiger partial charge in [0.15, 0.2) is 5.82 Å². The van der Waals surface area contributed by atoms with E-state index in [0.717, 1.165) is 31.2 Å². The van der Waals surface area contributed by atoms with Crippen LogP contribution >= 0.6 is 0 Å². The zero-order valence-corrected chi connectivity index (χ0v) is 11.9. The van der Waals surface area contributed by atoms with E-state index < -0.39 is 11.4 Å². The summed E-state index contributed by atoms with van der Waals surface area (Å²) in [6.07, 6.45) is 3.75. The molecule has 1 amide bonds. The van der Waals surface area contributed by atoms with Crippen molar-refractivity contribution in [1.82, 2.24) is 10.1 Å². The molecule has 1 aliphatic rings. The number of hydrogen-bond acceptors (Lipinski definition) is 5. The van der Waals surface area contributed by atoms with Crippen LogP contribution < -0.4 is 11.1 Å². The average Bonchev–Trinajstić information content (AvgIpc) is 3.11. The molecule has 0 spiro atoms. The van der Waals surface area contributed by atoms with E-state index >= 15 is 0 Å². The molecule has 3 rings (SSSR count). The fraction of sp³-hybridized carbons (Fsp3) is 0.400. The van der Waals surface area contributed by atoms with Gasteiger partial charge in [-0.05, 0) is 31.9 Å². The van der Waals surface area contributed by atoms with Gasteiger partial charge in [-0.15, -0.1) is 0 Å². The van der Waals surface area contributed by atoms with Gasteiger partial charge < -0.3 is 15.6 Å². The maximum absolute atomic E-state index is 12.1. The van der Waals surface area contributed by atoms with E-state index in [1.807, 2.05) is 31.2 Å². The molecule has 1 aliphatic carbocycles. The van der Waals surface area contributed by atoms with Gasteiger partial charge in [-0.25, -0.2) is 0 Å². The number of aryl methyl sites for hydroxylation is 1. The summed E-state index contributed by atoms with van der Waals surface area (Å²) in [5.74, 6) is -0.0458. The number of carbonyl (C=O) groups is 1. The number of carbonyl (C=O) groups excluding carboxylic acids is 1. The van der Waals surface area contributed by atoms with Crippen molar-refractivity contribution >= 4 is 11.6 Å². The van der Waals surface area contributed by atoms with E-state index in [0.29, 0.717) is 11.5 Å². The van der Waals surface area contributed by atoms with Gasteiger partial charge in [0.1, 0.15) is 0 Å². The summed E-state index contributed by atoms with van der Waals surface area (Å²) in [4.78, 5) is 16.2. The number of amides is 1. The normalized spacial score (nSPS) is 16.9. The number of rotatable bonds is 3. The molecule has 1 fully saturated rings. The quantitative estimate of drug-likeness (QED) is 0.903. The molecule has 0 aliphatic heterocycles. The van der Waals surface area contributed by atoms with Gasteiger partial charge in [0, 0.05) is 5.69 Å². The molecule has 2 aromatic rings. The maximum atomic E-state index is 12.1. The van der Waals surface area contributed by atoms with Gasteiger partial charge in [0.05, 0.1) is 5.54 Å². The zero-order valence-electron chi connectivity index (χ0n) is 11.9. The van der Waals surface area contributed by atoms with Crippen molar-refractivity contribution in [2.24, 2.45) is 5.73 Å². The molecule has 1 aromatic carbocycles. The van der Waals surface area contributed by atoms with Gasteiger partial charge >= 0.3 is 11.8 Å². The van der Waals surface area contributed by atoms with Crippen LogP contribution in [0.25, 0.3) is 0 Å². The maximum Gasteiger partial charge on any atom is 0.316 e. The van der Waals surface area contributed by atoms with Crippen LogP contribution in [0.2, 0.25) is 0 Å². The highest BCUT2D eigenvalue weighted by atomic mass is 16.5. The van der Waals surface area contributed by atoms with Crippen molar-refractivity contribution in [2.45, 2.75) is 38.1 Å². The number of nitrogens with two attached hydrogens (primary N) is 1. The van der Waals surface area contributed by atoms with Crippen molar-refractivity contribution in [3.63, 3.8) is 0 Å². The van der Waals surface area contributed by atoms with Gasteiger partial charge in [-0.3, -0.25) is 4.79 Å². The highest BCUT2D eigenvalue weighted by molar-refractivity contribution is 6.00. The molecule has 0 atom stereocenters. The summed E-state index contributed by atoms with van der Waals surface area (Å²) in [6.45, 7) is 1.98. The highest BCUT2D eigenvalue weighted by Crippen LogP contribution is 2.34. The molecule has 1 aromatic heterocycles. The molecule has 0 bridgehead atoms. The van der Waals surface area contributed by atoms with E-state index in [2.05, 4.69) is 15.5 Å². The number of hydrogen-bond donors (Lipinski definition) is 2. The number of benzene rings is 1. The smallest absolute Gasteiger partial charge is 0.316 e. The molecule has 0 saturated heterocycles. The predicted molar refractivity (Wildman–Crippen MR) is 77.8 cm³/mol. The lowest BCUT2D eigenvalue weighted by molar-refractivity contribution is 0.0981. The van der Waals surface area contributed by atoms with Crippen LogP contribution in [0.15, 0.2) is 28.8 Å². The lowest BCUT2D eigenvalue weighted by Gasteiger charge is -2.17. The molecule has 0 radical (unpaired) electrons. The third-order valence-electron chi connectivity index (χ3n) is 3.87. The Kier molecular flexibility index (Phi) is 3.47. The second kappa shape index (κ2) is 5.29. The number of nitrogens with zero attached hydrogens (tertiary/aromatic N) is 2. The Morgan fingerprint density at radius 3 is 2.62 bits per heavy atom. The molecule has 1 saturated carbocycles. The van der Waals surface area contributed by atoms with E-state index in [4.69, 9.17) is 10.3 Å². The first-order chi connectivity index (χ1) is 10.1. The van der Waals surface area contributed by atoms with E-state index in [9.17, 15) is 4.79 Å². The largest absolute Gasteiger partial charge is 0.328 e. The van der Waals surface area contributed by atoms with Crippen LogP contribution in [0, 0.1) is 6.92 Å². The molecule has 1 heterocycles. The predicted octanol–water partition coefficient (Wildman–Crippen LogP) is 2.36. The lowest BCUT2D eigenvalue weighted by Crippen LogP contribution is -2.34. The Morgan fingerprint density at radius 1 is 1.29 bits per heavy atom. The van der Waals surface area contributed by atoms with Crippen LogP contribution in [-0.4, -0.2) is 16.0 Å². The number of anilines is 1. The minimum Gasteiger partial charge on any atom is -0.328 e. The van der Waals surface area contributed by atoms with Crippen molar-refractivity contribution in [3.05, 3.63) is 41.5 Å². The second-order valence-corrected chi connectivity index (χ2v) is 5.61. The second-order valence-electron chi connectivity index (χ2n) is 5.61. The molecular formula is C15H18N4O2. The van der Waals surface area contributed by atoms with E-state index in [1.54, 1.807) is 0 Å². The Hall–Kier alpha value is -2.21. The monoisotopic (exact) mass is 286 g/mol. The minimum absolute atomic E-state index is 0.0534. The zero-order chi connectivity index (χ0) is 14.9. The fourth-order valence-electron chi connectivity index (χ4n) is 2.57. The first kappa shape index (κ1) is 13.8. The van der Waals surface area contributed by atoms with Crippen molar-refractivity contribution in [2.75, 3.05) is 5.32 Å². The first-order valence-electron chi connectivity index (χ1n) is 7.08. The van der Waals surface area contributed by atoms with Gasteiger partial charge in [0.2, 0.25) is 0 Å². The Labute approximate surface area is 122 Å². The standard InChI is InChI=1S/C15H18N4O2/c1-10-4-6-11(7-5-10)17-12(20)13-18-14(19-21-13)15(16)8-2-3-9-15/h4-7H,2-3,8-9,16H2,1H3,(H,17,20). The molecule has 3 N–H and O–H groups in total. The summed E-state index contributed by atoms with van der Waals surface area (Å²) in [6, 6.07) is 7.49. The van der Waals surface area contributed by atoms with Crippen LogP contribution in [0.5, 0.6) is 0 Å². The van der Waals surface area contributed by atoms with Crippen LogP contribution in [0.1, 0.15) is 47.8 Å². The third-order valence-corrected chi connectivity index (χ3v) is 3.87. The molecule has 0 unspecified atom stereocenters. The van der Waals surface area contributed by atoms with Gasteiger partial charge in [-0.2, -0.15) is 4.98 Å². The van der Waals surface area contributed by atoms with E-state index in [1.165, 1.54) is 0 Å². The number of aromatic nitrogens is 2. The summed E-state index contributed by atoms with van der Waals surface area (Å²) in [5, 5.41) is 6.60. The van der Waals surface area contributed by atoms with Crippen molar-refractivity contribution < 1.29 is 9.32 Å². The molecule has 6 heteroatoms. The van der Waals surface area contributed by atoms with Crippen molar-refractivity contribution in [1.29, 1.82) is 0 Å². The Balaban J connectivity index is 1.73. The lowest BCUT2D eigenvalue weighted by atomic mass is 9.99. The average molecular weight is 286 g/mol.